The van der Waals surface area contributed by atoms with Crippen LogP contribution in [0, 0.1) is 51.2 Å². The maximum absolute atomic E-state index is 15.3. The third kappa shape index (κ3) is 3.74. The number of Topliss-reactive ketones (excluding diaryl/α,β-unsaturated/α-hetero) is 2. The highest BCUT2D eigenvalue weighted by Gasteiger charge is 2.84. The summed E-state index contributed by atoms with van der Waals surface area (Å²) in [6, 6.07) is 9.88. The summed E-state index contributed by atoms with van der Waals surface area (Å²) in [6.07, 6.45) is 9.45. The SMILES string of the molecule is CC(C(=O)O)=C(O)C1(O)CC(C)C2C3C4=C(CC=C41)CC1=CC4(O)C5=C(C(=O)CC2(C)C5(C)C13O)C1(C)CCC(=O)C(C)(C)C1C4C=Cc1ccccc1. The van der Waals surface area contributed by atoms with Crippen LogP contribution in [-0.2, 0) is 14.4 Å². The van der Waals surface area contributed by atoms with Crippen LogP contribution in [0.3, 0.4) is 0 Å². The number of carboxylic acids is 1. The number of carbonyl (C=O) groups is 3. The lowest BCUT2D eigenvalue weighted by molar-refractivity contribution is -0.164. The van der Waals surface area contributed by atoms with Gasteiger partial charge in [-0.3, -0.25) is 9.59 Å². The number of allylic oxidation sites excluding steroid dienone is 3. The molecule has 54 heavy (non-hydrogen) atoms. The average molecular weight is 733 g/mol. The van der Waals surface area contributed by atoms with Crippen molar-refractivity contribution in [3.05, 3.63) is 98.9 Å². The van der Waals surface area contributed by atoms with Crippen LogP contribution >= 0.6 is 0 Å². The minimum absolute atomic E-state index is 0.00305. The average Bonchev–Trinajstić information content (AvgIpc) is 3.56. The molecule has 1 aromatic rings. The van der Waals surface area contributed by atoms with E-state index in [1.54, 1.807) is 0 Å². The normalized spacial score (nSPS) is 45.8. The van der Waals surface area contributed by atoms with Gasteiger partial charge in [0.25, 0.3) is 0 Å². The number of rotatable bonds is 4. The topological polar surface area (TPSA) is 152 Å². The van der Waals surface area contributed by atoms with E-state index in [1.165, 1.54) is 6.92 Å². The summed E-state index contributed by atoms with van der Waals surface area (Å²) in [6.45, 7) is 13.5. The highest BCUT2D eigenvalue weighted by molar-refractivity contribution is 6.02. The maximum atomic E-state index is 15.3. The molecule has 9 rings (SSSR count). The van der Waals surface area contributed by atoms with Crippen molar-refractivity contribution < 1.29 is 39.9 Å². The monoisotopic (exact) mass is 732 g/mol. The first-order valence-corrected chi connectivity index (χ1v) is 19.7. The van der Waals surface area contributed by atoms with E-state index in [2.05, 4.69) is 26.8 Å². The van der Waals surface area contributed by atoms with Gasteiger partial charge in [0.1, 0.15) is 28.3 Å². The van der Waals surface area contributed by atoms with Crippen LogP contribution < -0.4 is 0 Å². The third-order valence-electron chi connectivity index (χ3n) is 16.8. The van der Waals surface area contributed by atoms with Crippen LogP contribution in [0.25, 0.3) is 6.08 Å². The molecule has 5 N–H and O–H groups in total. The van der Waals surface area contributed by atoms with Crippen molar-refractivity contribution in [1.29, 1.82) is 0 Å². The molecule has 3 fully saturated rings. The van der Waals surface area contributed by atoms with Gasteiger partial charge in [-0.25, -0.2) is 4.79 Å². The number of fused-ring (bicyclic) bond motifs is 3. The van der Waals surface area contributed by atoms with E-state index in [-0.39, 0.29) is 35.9 Å². The van der Waals surface area contributed by atoms with Gasteiger partial charge in [0.2, 0.25) is 0 Å². The Morgan fingerprint density at radius 1 is 0.981 bits per heavy atom. The Hall–Kier alpha value is -3.85. The fraction of sp³-hybridized carbons (Fsp3) is 0.543. The van der Waals surface area contributed by atoms with Gasteiger partial charge >= 0.3 is 5.97 Å². The Morgan fingerprint density at radius 3 is 2.33 bits per heavy atom. The number of hydrogen-bond acceptors (Lipinski definition) is 7. The first-order chi connectivity index (χ1) is 25.2. The quantitative estimate of drug-likeness (QED) is 0.126. The predicted octanol–water partition coefficient (Wildman–Crippen LogP) is 6.99. The molecule has 284 valence electrons. The Labute approximate surface area is 316 Å². The zero-order valence-corrected chi connectivity index (χ0v) is 32.3. The first kappa shape index (κ1) is 35.8. The van der Waals surface area contributed by atoms with E-state index in [1.807, 2.05) is 69.3 Å². The molecule has 0 bridgehead atoms. The Bertz CT molecular complexity index is 2180. The van der Waals surface area contributed by atoms with Gasteiger partial charge in [0.15, 0.2) is 5.78 Å². The molecule has 0 heterocycles. The molecule has 0 saturated heterocycles. The van der Waals surface area contributed by atoms with Gasteiger partial charge in [0.05, 0.1) is 5.57 Å². The molecule has 8 nitrogen and oxygen atoms in total. The van der Waals surface area contributed by atoms with Gasteiger partial charge in [-0.2, -0.15) is 0 Å². The van der Waals surface area contributed by atoms with E-state index in [0.29, 0.717) is 48.0 Å². The van der Waals surface area contributed by atoms with Crippen molar-refractivity contribution in [3.63, 3.8) is 0 Å². The lowest BCUT2D eigenvalue weighted by atomic mass is 9.35. The molecule has 0 spiro atoms. The molecular weight excluding hydrogens is 680 g/mol. The van der Waals surface area contributed by atoms with Crippen LogP contribution in [0.5, 0.6) is 0 Å². The summed E-state index contributed by atoms with van der Waals surface area (Å²) >= 11 is 0. The molecular formula is C46H52O8. The summed E-state index contributed by atoms with van der Waals surface area (Å²) < 4.78 is 0. The summed E-state index contributed by atoms with van der Waals surface area (Å²) in [7, 11) is 0. The van der Waals surface area contributed by atoms with Crippen LogP contribution in [0.4, 0.5) is 0 Å². The van der Waals surface area contributed by atoms with Gasteiger partial charge in [-0.1, -0.05) is 95.7 Å². The van der Waals surface area contributed by atoms with E-state index in [0.717, 1.165) is 16.7 Å². The number of aliphatic hydroxyl groups excluding tert-OH is 1. The molecule has 3 saturated carbocycles. The van der Waals surface area contributed by atoms with Gasteiger partial charge in [0, 0.05) is 46.5 Å². The van der Waals surface area contributed by atoms with Crippen LogP contribution in [0.15, 0.2) is 93.3 Å². The number of carboxylic acid groups (broad SMARTS) is 1. The lowest BCUT2D eigenvalue weighted by Gasteiger charge is -2.69. The first-order valence-electron chi connectivity index (χ1n) is 19.7. The van der Waals surface area contributed by atoms with Crippen molar-refractivity contribution in [2.75, 3.05) is 0 Å². The highest BCUT2D eigenvalue weighted by Crippen LogP contribution is 2.83. The van der Waals surface area contributed by atoms with Crippen molar-refractivity contribution in [3.8, 4) is 0 Å². The van der Waals surface area contributed by atoms with Crippen molar-refractivity contribution in [2.45, 2.75) is 104 Å². The van der Waals surface area contributed by atoms with Crippen LogP contribution in [0.2, 0.25) is 0 Å². The summed E-state index contributed by atoms with van der Waals surface area (Å²) in [4.78, 5) is 41.4. The van der Waals surface area contributed by atoms with Crippen molar-refractivity contribution >= 4 is 23.6 Å². The zero-order valence-electron chi connectivity index (χ0n) is 32.3. The fourth-order valence-electron chi connectivity index (χ4n) is 14.6. The molecule has 0 amide bonds. The molecule has 8 heteroatoms. The van der Waals surface area contributed by atoms with Crippen LogP contribution in [0.1, 0.15) is 92.6 Å². The second-order valence-electron chi connectivity index (χ2n) is 19.3. The second kappa shape index (κ2) is 10.5. The highest BCUT2D eigenvalue weighted by atomic mass is 16.4. The van der Waals surface area contributed by atoms with Crippen molar-refractivity contribution in [2.24, 2.45) is 51.2 Å². The van der Waals surface area contributed by atoms with Crippen LogP contribution in [-0.4, -0.2) is 59.9 Å². The fourth-order valence-corrected chi connectivity index (χ4v) is 14.6. The number of aliphatic hydroxyl groups is 4. The van der Waals surface area contributed by atoms with Gasteiger partial charge < -0.3 is 25.5 Å². The number of hydrogen-bond donors (Lipinski definition) is 5. The summed E-state index contributed by atoms with van der Waals surface area (Å²) in [5, 5.41) is 61.9. The Balaban J connectivity index is 1.37. The minimum atomic E-state index is -1.99. The standard InChI is InChI=1S/C46H52O8/c1-23-20-45(53,38(49)24(2)39(50)51)28-16-14-26-19-27-21-44(52)29(15-13-25-11-9-8-10-12-25)36-40(3,4)31(48)17-18-41(36,5)34-30(47)22-42(6)33(23)35(32(26)28)46(27,54)43(42,7)37(34)44/h8-13,15-16,21,23,29,33,35-36,49,52-54H,14,17-20,22H2,1-7H3,(H,50,51). The molecule has 0 aromatic heterocycles. The number of benzene rings is 1. The zero-order chi connectivity index (χ0) is 38.9. The second-order valence-corrected chi connectivity index (χ2v) is 19.3. The van der Waals surface area contributed by atoms with Crippen molar-refractivity contribution in [1.82, 2.24) is 0 Å². The van der Waals surface area contributed by atoms with E-state index in [4.69, 9.17) is 0 Å². The van der Waals surface area contributed by atoms with E-state index < -0.39 is 73.9 Å². The summed E-state index contributed by atoms with van der Waals surface area (Å²) in [5.41, 5.74) is -4.33. The largest absolute Gasteiger partial charge is 0.508 e. The van der Waals surface area contributed by atoms with Gasteiger partial charge in [-0.05, 0) is 89.7 Å². The molecule has 0 radical (unpaired) electrons. The number of carbonyl (C=O) groups excluding carboxylic acids is 2. The number of aliphatic carboxylic acids is 1. The molecule has 11 unspecified atom stereocenters. The lowest BCUT2D eigenvalue weighted by Crippen LogP contribution is -2.71. The van der Waals surface area contributed by atoms with Gasteiger partial charge in [-0.15, -0.1) is 0 Å². The molecule has 8 aliphatic carbocycles. The smallest absolute Gasteiger partial charge is 0.334 e. The minimum Gasteiger partial charge on any atom is -0.508 e. The molecule has 11 atom stereocenters. The van der Waals surface area contributed by atoms with E-state index in [9.17, 15) is 35.1 Å². The Morgan fingerprint density at radius 2 is 1.67 bits per heavy atom. The number of ketones is 2. The summed E-state index contributed by atoms with van der Waals surface area (Å²) in [5.74, 6) is -4.26. The molecule has 1 aromatic carbocycles. The molecule has 0 aliphatic heterocycles. The Kier molecular flexibility index (Phi) is 6.97. The van der Waals surface area contributed by atoms with E-state index >= 15 is 4.79 Å². The maximum Gasteiger partial charge on any atom is 0.334 e. The predicted molar refractivity (Wildman–Crippen MR) is 202 cm³/mol. The molecule has 8 aliphatic rings. The third-order valence-corrected chi connectivity index (χ3v) is 16.8.